The van der Waals surface area contributed by atoms with E-state index < -0.39 is 18.7 Å². The van der Waals surface area contributed by atoms with Crippen LogP contribution in [0.2, 0.25) is 0 Å². The number of nitrogens with two attached hydrogens (primary N) is 1. The molecule has 0 saturated carbocycles. The SMILES string of the molecule is C=NCC(=O)OCOC(=O)CN. The molecule has 2 N–H and O–H groups in total. The van der Waals surface area contributed by atoms with Gasteiger partial charge in [-0.3, -0.25) is 9.79 Å². The Morgan fingerprint density at radius 3 is 2.42 bits per heavy atom. The van der Waals surface area contributed by atoms with E-state index in [0.29, 0.717) is 0 Å². The molecule has 0 aliphatic rings. The summed E-state index contributed by atoms with van der Waals surface area (Å²) < 4.78 is 8.72. The van der Waals surface area contributed by atoms with E-state index in [-0.39, 0.29) is 13.1 Å². The van der Waals surface area contributed by atoms with Crippen molar-refractivity contribution in [3.05, 3.63) is 0 Å². The fourth-order valence-electron chi connectivity index (χ4n) is 0.357. The van der Waals surface area contributed by atoms with Crippen molar-refractivity contribution in [2.45, 2.75) is 0 Å². The molecule has 0 saturated heterocycles. The van der Waals surface area contributed by atoms with Gasteiger partial charge in [-0.1, -0.05) is 0 Å². The second-order valence-corrected chi connectivity index (χ2v) is 1.74. The van der Waals surface area contributed by atoms with Gasteiger partial charge in [-0.25, -0.2) is 4.79 Å². The number of nitrogens with zero attached hydrogens (tertiary/aromatic N) is 1. The largest absolute Gasteiger partial charge is 0.427 e. The van der Waals surface area contributed by atoms with Gasteiger partial charge in [0.15, 0.2) is 0 Å². The summed E-state index contributed by atoms with van der Waals surface area (Å²) in [5.41, 5.74) is 4.90. The first-order valence-corrected chi connectivity index (χ1v) is 3.14. The highest BCUT2D eigenvalue weighted by atomic mass is 16.7. The molecular weight excluding hydrogens is 164 g/mol. The molecule has 6 nitrogen and oxygen atoms in total. The Balaban J connectivity index is 3.36. The summed E-state index contributed by atoms with van der Waals surface area (Å²) in [5.74, 6) is -1.23. The Bertz CT molecular complexity index is 180. The molecule has 0 spiro atoms. The van der Waals surface area contributed by atoms with E-state index in [9.17, 15) is 9.59 Å². The average Bonchev–Trinajstić information content (AvgIpc) is 2.04. The molecule has 0 amide bonds. The second kappa shape index (κ2) is 6.29. The lowest BCUT2D eigenvalue weighted by Crippen LogP contribution is -2.20. The maximum Gasteiger partial charge on any atom is 0.330 e. The van der Waals surface area contributed by atoms with Crippen LogP contribution in [-0.4, -0.2) is 38.5 Å². The topological polar surface area (TPSA) is 91.0 Å². The van der Waals surface area contributed by atoms with Crippen LogP contribution in [0.4, 0.5) is 0 Å². The van der Waals surface area contributed by atoms with Crippen molar-refractivity contribution in [3.63, 3.8) is 0 Å². The number of aliphatic imine (C=N–C) groups is 1. The number of rotatable bonds is 5. The molecule has 0 aromatic carbocycles. The van der Waals surface area contributed by atoms with E-state index in [2.05, 4.69) is 21.2 Å². The number of carbonyl (C=O) groups is 2. The van der Waals surface area contributed by atoms with E-state index in [4.69, 9.17) is 5.73 Å². The molecule has 0 rings (SSSR count). The normalized spacial score (nSPS) is 8.75. The number of esters is 2. The summed E-state index contributed by atoms with van der Waals surface area (Å²) in [5, 5.41) is 0. The van der Waals surface area contributed by atoms with E-state index in [1.165, 1.54) is 0 Å². The molecule has 12 heavy (non-hydrogen) atoms. The van der Waals surface area contributed by atoms with Crippen molar-refractivity contribution >= 4 is 18.7 Å². The molecular formula is C6H10N2O4. The zero-order valence-corrected chi connectivity index (χ0v) is 6.49. The van der Waals surface area contributed by atoms with Gasteiger partial charge >= 0.3 is 11.9 Å². The van der Waals surface area contributed by atoms with Gasteiger partial charge in [-0.2, -0.15) is 0 Å². The molecule has 0 aliphatic carbocycles. The summed E-state index contributed by atoms with van der Waals surface area (Å²) in [6.07, 6.45) is 0. The van der Waals surface area contributed by atoms with Gasteiger partial charge in [0.05, 0.1) is 6.54 Å². The summed E-state index contributed by atoms with van der Waals surface area (Å²) >= 11 is 0. The van der Waals surface area contributed by atoms with E-state index in [1.807, 2.05) is 0 Å². The third-order valence-electron chi connectivity index (χ3n) is 0.847. The van der Waals surface area contributed by atoms with Gasteiger partial charge in [0.1, 0.15) is 6.54 Å². The van der Waals surface area contributed by atoms with Gasteiger partial charge < -0.3 is 15.2 Å². The van der Waals surface area contributed by atoms with Crippen molar-refractivity contribution in [1.82, 2.24) is 0 Å². The van der Waals surface area contributed by atoms with Crippen LogP contribution in [0, 0.1) is 0 Å². The first-order valence-electron chi connectivity index (χ1n) is 3.14. The van der Waals surface area contributed by atoms with Crippen molar-refractivity contribution in [3.8, 4) is 0 Å². The minimum absolute atomic E-state index is 0.153. The molecule has 68 valence electrons. The Hall–Kier alpha value is -1.43. The molecule has 0 aromatic heterocycles. The van der Waals surface area contributed by atoms with Crippen LogP contribution in [-0.2, 0) is 19.1 Å². The molecule has 0 radical (unpaired) electrons. The molecule has 0 atom stereocenters. The van der Waals surface area contributed by atoms with E-state index in [1.54, 1.807) is 0 Å². The molecule has 0 aliphatic heterocycles. The number of carbonyl (C=O) groups excluding carboxylic acids is 2. The van der Waals surface area contributed by atoms with Gasteiger partial charge in [0, 0.05) is 0 Å². The number of hydrogen-bond donors (Lipinski definition) is 1. The minimum Gasteiger partial charge on any atom is -0.427 e. The lowest BCUT2D eigenvalue weighted by molar-refractivity contribution is -0.165. The third kappa shape index (κ3) is 5.36. The van der Waals surface area contributed by atoms with Crippen LogP contribution in [0.1, 0.15) is 0 Å². The highest BCUT2D eigenvalue weighted by molar-refractivity contribution is 5.73. The third-order valence-corrected chi connectivity index (χ3v) is 0.847. The molecule has 0 heterocycles. The zero-order valence-electron chi connectivity index (χ0n) is 6.49. The number of ether oxygens (including phenoxy) is 2. The zero-order chi connectivity index (χ0) is 9.40. The van der Waals surface area contributed by atoms with Gasteiger partial charge in [0.2, 0.25) is 6.79 Å². The van der Waals surface area contributed by atoms with Crippen molar-refractivity contribution in [2.24, 2.45) is 10.7 Å². The summed E-state index contributed by atoms with van der Waals surface area (Å²) in [4.78, 5) is 24.2. The van der Waals surface area contributed by atoms with Crippen molar-refractivity contribution in [1.29, 1.82) is 0 Å². The van der Waals surface area contributed by atoms with Crippen LogP contribution in [0.5, 0.6) is 0 Å². The summed E-state index contributed by atoms with van der Waals surface area (Å²) in [6, 6.07) is 0. The quantitative estimate of drug-likeness (QED) is 0.317. The average molecular weight is 174 g/mol. The van der Waals surface area contributed by atoms with Gasteiger partial charge in [-0.05, 0) is 6.72 Å². The standard InChI is InChI=1S/C6H10N2O4/c1-8-3-6(10)12-4-11-5(9)2-7/h1-4,7H2. The Kier molecular flexibility index (Phi) is 5.54. The van der Waals surface area contributed by atoms with Crippen LogP contribution in [0.3, 0.4) is 0 Å². The first-order chi connectivity index (χ1) is 5.70. The lowest BCUT2D eigenvalue weighted by Gasteiger charge is -2.02. The highest BCUT2D eigenvalue weighted by Crippen LogP contribution is 1.82. The molecule has 0 aromatic rings. The lowest BCUT2D eigenvalue weighted by atomic mass is 10.7. The highest BCUT2D eigenvalue weighted by Gasteiger charge is 2.02. The molecule has 0 unspecified atom stereocenters. The fourth-order valence-corrected chi connectivity index (χ4v) is 0.357. The maximum atomic E-state index is 10.5. The monoisotopic (exact) mass is 174 g/mol. The molecule has 0 fully saturated rings. The minimum atomic E-state index is -0.630. The van der Waals surface area contributed by atoms with E-state index >= 15 is 0 Å². The van der Waals surface area contributed by atoms with Crippen LogP contribution in [0.15, 0.2) is 4.99 Å². The summed E-state index contributed by atoms with van der Waals surface area (Å²) in [6.45, 7) is 2.26. The maximum absolute atomic E-state index is 10.5. The van der Waals surface area contributed by atoms with E-state index in [0.717, 1.165) is 0 Å². The fraction of sp³-hybridized carbons (Fsp3) is 0.500. The van der Waals surface area contributed by atoms with Gasteiger partial charge in [0.25, 0.3) is 0 Å². The van der Waals surface area contributed by atoms with Crippen LogP contribution in [0.25, 0.3) is 0 Å². The molecule has 6 heteroatoms. The van der Waals surface area contributed by atoms with Crippen LogP contribution >= 0.6 is 0 Å². The van der Waals surface area contributed by atoms with Crippen LogP contribution < -0.4 is 5.73 Å². The Labute approximate surface area is 69.3 Å². The number of hydrogen-bond acceptors (Lipinski definition) is 6. The molecule has 0 bridgehead atoms. The van der Waals surface area contributed by atoms with Crippen molar-refractivity contribution in [2.75, 3.05) is 19.9 Å². The first kappa shape index (κ1) is 10.6. The Morgan fingerprint density at radius 1 is 1.33 bits per heavy atom. The predicted molar refractivity (Wildman–Crippen MR) is 40.5 cm³/mol. The second-order valence-electron chi connectivity index (χ2n) is 1.74. The van der Waals surface area contributed by atoms with Crippen molar-refractivity contribution < 1.29 is 19.1 Å². The Morgan fingerprint density at radius 2 is 1.92 bits per heavy atom. The van der Waals surface area contributed by atoms with Gasteiger partial charge in [-0.15, -0.1) is 0 Å². The summed E-state index contributed by atoms with van der Waals surface area (Å²) in [7, 11) is 0. The predicted octanol–water partition coefficient (Wildman–Crippen LogP) is -1.31. The smallest absolute Gasteiger partial charge is 0.330 e.